The summed E-state index contributed by atoms with van der Waals surface area (Å²) >= 11 is 0. The molecule has 1 N–H and O–H groups in total. The first-order valence-electron chi connectivity index (χ1n) is 7.91. The molecule has 1 aromatic rings. The van der Waals surface area contributed by atoms with Crippen molar-refractivity contribution in [2.75, 3.05) is 12.4 Å². The lowest BCUT2D eigenvalue weighted by atomic mass is 9.66. The van der Waals surface area contributed by atoms with Crippen molar-refractivity contribution < 1.29 is 23.9 Å². The zero-order valence-electron chi connectivity index (χ0n) is 14.3. The van der Waals surface area contributed by atoms with E-state index in [0.717, 1.165) is 0 Å². The van der Waals surface area contributed by atoms with Crippen LogP contribution >= 0.6 is 0 Å². The molecule has 1 saturated heterocycles. The molecular weight excluding hydrogens is 310 g/mol. The summed E-state index contributed by atoms with van der Waals surface area (Å²) in [7, 11) is 1.31. The zero-order valence-corrected chi connectivity index (χ0v) is 14.3. The van der Waals surface area contributed by atoms with Crippen molar-refractivity contribution in [3.63, 3.8) is 0 Å². The average molecular weight is 331 g/mol. The first kappa shape index (κ1) is 16.5. The first-order chi connectivity index (χ1) is 11.2. The monoisotopic (exact) mass is 331 g/mol. The topological polar surface area (TPSA) is 81.7 Å². The second kappa shape index (κ2) is 5.06. The van der Waals surface area contributed by atoms with Crippen LogP contribution in [0.2, 0.25) is 0 Å². The Morgan fingerprint density at radius 3 is 2.21 bits per heavy atom. The van der Waals surface area contributed by atoms with E-state index in [1.165, 1.54) is 7.11 Å². The van der Waals surface area contributed by atoms with Gasteiger partial charge < -0.3 is 14.8 Å². The molecule has 24 heavy (non-hydrogen) atoms. The number of fused-ring (bicyclic) bond motifs is 2. The molecule has 1 heterocycles. The van der Waals surface area contributed by atoms with Gasteiger partial charge in [-0.05, 0) is 44.0 Å². The Hall–Kier alpha value is -2.37. The van der Waals surface area contributed by atoms with Crippen molar-refractivity contribution in [1.29, 1.82) is 0 Å². The minimum absolute atomic E-state index is 0.310. The molecule has 6 nitrogen and oxygen atoms in total. The normalized spacial score (nSPS) is 29.9. The summed E-state index contributed by atoms with van der Waals surface area (Å²) in [5.74, 6) is -1.08. The van der Waals surface area contributed by atoms with Crippen LogP contribution in [0.25, 0.3) is 0 Å². The molecule has 2 bridgehead atoms. The number of rotatable bonds is 3. The number of carbonyl (C=O) groups is 3. The van der Waals surface area contributed by atoms with Gasteiger partial charge >= 0.3 is 11.9 Å². The Kier molecular flexibility index (Phi) is 3.48. The number of nitrogens with one attached hydrogen (secondary N) is 1. The smallest absolute Gasteiger partial charge is 0.337 e. The Morgan fingerprint density at radius 2 is 1.75 bits per heavy atom. The number of methoxy groups -OCH3 is 1. The van der Waals surface area contributed by atoms with E-state index in [9.17, 15) is 14.4 Å². The first-order valence-corrected chi connectivity index (χ1v) is 7.91. The van der Waals surface area contributed by atoms with Gasteiger partial charge in [-0.2, -0.15) is 0 Å². The summed E-state index contributed by atoms with van der Waals surface area (Å²) in [6.07, 6.45) is 1.14. The predicted octanol–water partition coefficient (Wildman–Crippen LogP) is 2.53. The lowest BCUT2D eigenvalue weighted by Crippen LogP contribution is -2.50. The van der Waals surface area contributed by atoms with Crippen LogP contribution in [0.4, 0.5) is 5.69 Å². The van der Waals surface area contributed by atoms with E-state index < -0.39 is 22.4 Å². The minimum atomic E-state index is -1.15. The molecule has 1 saturated carbocycles. The fourth-order valence-corrected chi connectivity index (χ4v) is 3.79. The molecular formula is C18H21NO5. The molecule has 2 fully saturated rings. The molecule has 2 aliphatic rings. The van der Waals surface area contributed by atoms with Gasteiger partial charge in [0.15, 0.2) is 5.60 Å². The number of amides is 1. The van der Waals surface area contributed by atoms with E-state index >= 15 is 0 Å². The summed E-state index contributed by atoms with van der Waals surface area (Å²) < 4.78 is 10.2. The highest BCUT2D eigenvalue weighted by Crippen LogP contribution is 2.65. The summed E-state index contributed by atoms with van der Waals surface area (Å²) in [5, 5.41) is 2.81. The van der Waals surface area contributed by atoms with Crippen molar-refractivity contribution in [3.8, 4) is 0 Å². The molecule has 1 aliphatic carbocycles. The maximum atomic E-state index is 12.9. The average Bonchev–Trinajstić information content (AvgIpc) is 2.85. The van der Waals surface area contributed by atoms with Crippen LogP contribution in [-0.4, -0.2) is 30.6 Å². The van der Waals surface area contributed by atoms with Gasteiger partial charge in [0.25, 0.3) is 5.91 Å². The summed E-state index contributed by atoms with van der Waals surface area (Å²) in [6, 6.07) is 6.39. The van der Waals surface area contributed by atoms with Crippen LogP contribution in [0.5, 0.6) is 0 Å². The van der Waals surface area contributed by atoms with Gasteiger partial charge in [0.2, 0.25) is 0 Å². The third-order valence-electron chi connectivity index (χ3n) is 6.01. The SMILES string of the molecule is COC(=O)c1ccc(NC(=O)[C@@]23CC[C@](C)(C(=O)O2)C3(C)C)cc1. The number of benzene rings is 1. The van der Waals surface area contributed by atoms with Crippen molar-refractivity contribution in [2.45, 2.75) is 39.2 Å². The maximum absolute atomic E-state index is 12.9. The molecule has 0 unspecified atom stereocenters. The van der Waals surface area contributed by atoms with Gasteiger partial charge in [-0.3, -0.25) is 9.59 Å². The molecule has 128 valence electrons. The summed E-state index contributed by atoms with van der Waals surface area (Å²) in [5.41, 5.74) is -1.45. The number of anilines is 1. The quantitative estimate of drug-likeness (QED) is 0.861. The Balaban J connectivity index is 1.83. The Bertz CT molecular complexity index is 723. The fraction of sp³-hybridized carbons (Fsp3) is 0.500. The van der Waals surface area contributed by atoms with E-state index in [0.29, 0.717) is 24.1 Å². The molecule has 0 spiro atoms. The number of hydrogen-bond donors (Lipinski definition) is 1. The summed E-state index contributed by atoms with van der Waals surface area (Å²) in [4.78, 5) is 36.6. The molecule has 0 radical (unpaired) electrons. The number of carbonyl (C=O) groups excluding carboxylic acids is 3. The van der Waals surface area contributed by atoms with Crippen molar-refractivity contribution in [2.24, 2.45) is 10.8 Å². The van der Waals surface area contributed by atoms with E-state index in [4.69, 9.17) is 4.74 Å². The van der Waals surface area contributed by atoms with E-state index in [-0.39, 0.29) is 11.9 Å². The zero-order chi connectivity index (χ0) is 17.8. The molecule has 6 heteroatoms. The molecule has 1 amide bonds. The maximum Gasteiger partial charge on any atom is 0.337 e. The van der Waals surface area contributed by atoms with Crippen LogP contribution in [0.15, 0.2) is 24.3 Å². The van der Waals surface area contributed by atoms with Crippen LogP contribution in [0, 0.1) is 10.8 Å². The van der Waals surface area contributed by atoms with Gasteiger partial charge in [0.1, 0.15) is 0 Å². The highest BCUT2D eigenvalue weighted by molar-refractivity contribution is 6.03. The van der Waals surface area contributed by atoms with Crippen LogP contribution in [0.3, 0.4) is 0 Å². The third-order valence-corrected chi connectivity index (χ3v) is 6.01. The van der Waals surface area contributed by atoms with E-state index in [2.05, 4.69) is 10.1 Å². The summed E-state index contributed by atoms with van der Waals surface area (Å²) in [6.45, 7) is 5.68. The second-order valence-electron chi connectivity index (χ2n) is 7.20. The minimum Gasteiger partial charge on any atom is -0.465 e. The lowest BCUT2D eigenvalue weighted by molar-refractivity contribution is -0.165. The van der Waals surface area contributed by atoms with Gasteiger partial charge in [-0.15, -0.1) is 0 Å². The number of ether oxygens (including phenoxy) is 2. The molecule has 3 rings (SSSR count). The molecule has 1 aromatic carbocycles. The standard InChI is InChI=1S/C18H21NO5/c1-16(2)17(3)9-10-18(16,24-15(17)22)14(21)19-12-7-5-11(6-8-12)13(20)23-4/h5-8H,9-10H2,1-4H3,(H,19,21)/t17-,18-/m1/s1. The number of esters is 2. The predicted molar refractivity (Wildman–Crippen MR) is 86.4 cm³/mol. The van der Waals surface area contributed by atoms with Crippen LogP contribution < -0.4 is 5.32 Å². The van der Waals surface area contributed by atoms with Crippen molar-refractivity contribution >= 4 is 23.5 Å². The van der Waals surface area contributed by atoms with Gasteiger partial charge in [-0.1, -0.05) is 13.8 Å². The molecule has 0 aromatic heterocycles. The fourth-order valence-electron chi connectivity index (χ4n) is 3.79. The number of hydrogen-bond acceptors (Lipinski definition) is 5. The van der Waals surface area contributed by atoms with Crippen LogP contribution in [-0.2, 0) is 19.1 Å². The highest BCUT2D eigenvalue weighted by Gasteiger charge is 2.75. The Morgan fingerprint density at radius 1 is 1.12 bits per heavy atom. The molecule has 2 atom stereocenters. The second-order valence-corrected chi connectivity index (χ2v) is 7.20. The van der Waals surface area contributed by atoms with Crippen molar-refractivity contribution in [3.05, 3.63) is 29.8 Å². The highest BCUT2D eigenvalue weighted by atomic mass is 16.6. The Labute approximate surface area is 140 Å². The molecule has 1 aliphatic heterocycles. The van der Waals surface area contributed by atoms with Crippen molar-refractivity contribution in [1.82, 2.24) is 0 Å². The lowest BCUT2D eigenvalue weighted by Gasteiger charge is -2.35. The van der Waals surface area contributed by atoms with Crippen LogP contribution in [0.1, 0.15) is 44.0 Å². The largest absolute Gasteiger partial charge is 0.465 e. The third kappa shape index (κ3) is 1.92. The van der Waals surface area contributed by atoms with Gasteiger partial charge in [0, 0.05) is 11.1 Å². The van der Waals surface area contributed by atoms with E-state index in [1.54, 1.807) is 24.3 Å². The van der Waals surface area contributed by atoms with Gasteiger partial charge in [0.05, 0.1) is 18.1 Å². The van der Waals surface area contributed by atoms with Gasteiger partial charge in [-0.25, -0.2) is 4.79 Å². The van der Waals surface area contributed by atoms with E-state index in [1.807, 2.05) is 20.8 Å².